The number of carboxylic acids is 2. The molecule has 1 atom stereocenters. The van der Waals surface area contributed by atoms with Crippen LogP contribution in [0.25, 0.3) is 0 Å². The molecule has 50 heavy (non-hydrogen) atoms. The number of alkyl halides is 6. The summed E-state index contributed by atoms with van der Waals surface area (Å²) in [5, 5.41) is 25.2. The summed E-state index contributed by atoms with van der Waals surface area (Å²) in [6.45, 7) is 2.02. The minimum atomic E-state index is -5.08. The SMILES string of the molecule is N=C(N)c1cccc(OC[C@H](Cc2ccc(OC3CCNCC3)cc2)NS(=O)(=O)c2ccccc2)c1.O=C(O)C(F)(F)F.O=C(O)C(F)(F)F. The van der Waals surface area contributed by atoms with Crippen molar-refractivity contribution in [2.24, 2.45) is 5.73 Å². The summed E-state index contributed by atoms with van der Waals surface area (Å²) >= 11 is 0. The largest absolute Gasteiger partial charge is 0.492 e. The van der Waals surface area contributed by atoms with Crippen LogP contribution in [-0.2, 0) is 26.0 Å². The zero-order valence-corrected chi connectivity index (χ0v) is 26.8. The van der Waals surface area contributed by atoms with Gasteiger partial charge in [0.1, 0.15) is 30.0 Å². The number of rotatable bonds is 11. The second-order valence-electron chi connectivity index (χ2n) is 10.4. The molecule has 0 bridgehead atoms. The van der Waals surface area contributed by atoms with E-state index in [1.807, 2.05) is 24.3 Å². The van der Waals surface area contributed by atoms with Gasteiger partial charge in [-0.3, -0.25) is 5.41 Å². The Balaban J connectivity index is 0.000000521. The lowest BCUT2D eigenvalue weighted by atomic mass is 10.1. The molecule has 3 aromatic carbocycles. The van der Waals surface area contributed by atoms with Crippen LogP contribution in [0, 0.1) is 5.41 Å². The molecule has 19 heteroatoms. The molecule has 0 aliphatic carbocycles. The summed E-state index contributed by atoms with van der Waals surface area (Å²) in [6, 6.07) is 22.4. The van der Waals surface area contributed by atoms with Crippen LogP contribution in [0.4, 0.5) is 26.3 Å². The lowest BCUT2D eigenvalue weighted by Gasteiger charge is -2.24. The van der Waals surface area contributed by atoms with Crippen LogP contribution in [0.15, 0.2) is 83.8 Å². The number of piperidine rings is 1. The molecule has 4 rings (SSSR count). The van der Waals surface area contributed by atoms with Crippen LogP contribution in [0.1, 0.15) is 24.0 Å². The van der Waals surface area contributed by atoms with E-state index in [4.69, 9.17) is 40.4 Å². The molecule has 1 saturated heterocycles. The van der Waals surface area contributed by atoms with Crippen LogP contribution >= 0.6 is 0 Å². The molecule has 0 spiro atoms. The Kier molecular flexibility index (Phi) is 15.5. The highest BCUT2D eigenvalue weighted by molar-refractivity contribution is 7.89. The van der Waals surface area contributed by atoms with Crippen molar-refractivity contribution in [2.75, 3.05) is 19.7 Å². The quantitative estimate of drug-likeness (QED) is 0.0935. The van der Waals surface area contributed by atoms with Crippen LogP contribution in [-0.4, -0.2) is 80.6 Å². The highest BCUT2D eigenvalue weighted by Gasteiger charge is 2.38. The van der Waals surface area contributed by atoms with Gasteiger partial charge in [0.2, 0.25) is 10.0 Å². The summed E-state index contributed by atoms with van der Waals surface area (Å²) in [5.41, 5.74) is 7.08. The zero-order valence-electron chi connectivity index (χ0n) is 26.0. The molecular formula is C31H34F6N4O8S. The molecule has 7 N–H and O–H groups in total. The Bertz CT molecular complexity index is 1630. The molecule has 1 fully saturated rings. The molecule has 1 aliphatic rings. The first-order valence-electron chi connectivity index (χ1n) is 14.5. The normalized spacial score (nSPS) is 14.1. The van der Waals surface area contributed by atoms with Gasteiger partial charge in [-0.2, -0.15) is 26.3 Å². The minimum Gasteiger partial charge on any atom is -0.492 e. The first-order valence-corrected chi connectivity index (χ1v) is 16.0. The van der Waals surface area contributed by atoms with Crippen LogP contribution in [0.3, 0.4) is 0 Å². The molecule has 0 radical (unpaired) electrons. The number of nitrogens with one attached hydrogen (secondary N) is 3. The Hall–Kier alpha value is -4.88. The van der Waals surface area contributed by atoms with Crippen molar-refractivity contribution in [3.8, 4) is 11.5 Å². The van der Waals surface area contributed by atoms with E-state index in [-0.39, 0.29) is 23.4 Å². The monoisotopic (exact) mass is 736 g/mol. The standard InChI is InChI=1S/C27H32N4O4S.2C2HF3O2/c28-27(29)21-5-4-6-25(18-21)34-19-22(31-36(32,33)26-7-2-1-3-8-26)17-20-9-11-23(12-10-20)35-24-13-15-30-16-14-24;2*3-2(4,5)1(6)7/h1-12,18,22,24,30-31H,13-17,19H2,(H3,28,29);2*(H,6,7)/t22-;;/m0../s1. The summed E-state index contributed by atoms with van der Waals surface area (Å²) in [6.07, 6.45) is -7.58. The first-order chi connectivity index (χ1) is 23.3. The number of halogens is 6. The zero-order chi connectivity index (χ0) is 37.5. The van der Waals surface area contributed by atoms with Crippen molar-refractivity contribution in [3.05, 3.63) is 90.0 Å². The average Bonchev–Trinajstić information content (AvgIpc) is 3.05. The number of sulfonamides is 1. The maximum atomic E-state index is 13.0. The molecule has 3 aromatic rings. The molecule has 0 aromatic heterocycles. The summed E-state index contributed by atoms with van der Waals surface area (Å²) in [7, 11) is -3.75. The predicted molar refractivity (Wildman–Crippen MR) is 168 cm³/mol. The Labute approximate surface area is 282 Å². The molecule has 1 aliphatic heterocycles. The number of benzene rings is 3. The number of carbonyl (C=O) groups is 2. The van der Waals surface area contributed by atoms with E-state index in [9.17, 15) is 34.8 Å². The number of hydrogen-bond acceptors (Lipinski definition) is 8. The molecule has 0 unspecified atom stereocenters. The van der Waals surface area contributed by atoms with Crippen LogP contribution in [0.2, 0.25) is 0 Å². The number of aliphatic carboxylic acids is 2. The highest BCUT2D eigenvalue weighted by Crippen LogP contribution is 2.20. The van der Waals surface area contributed by atoms with E-state index >= 15 is 0 Å². The Morgan fingerprint density at radius 3 is 1.92 bits per heavy atom. The first kappa shape index (κ1) is 41.3. The smallest absolute Gasteiger partial charge is 0.490 e. The molecular weight excluding hydrogens is 702 g/mol. The molecule has 0 amide bonds. The Morgan fingerprint density at radius 2 is 1.42 bits per heavy atom. The predicted octanol–water partition coefficient (Wildman–Crippen LogP) is 4.34. The number of nitrogen functional groups attached to an aromatic ring is 1. The highest BCUT2D eigenvalue weighted by atomic mass is 32.2. The van der Waals surface area contributed by atoms with Crippen LogP contribution in [0.5, 0.6) is 11.5 Å². The van der Waals surface area contributed by atoms with Crippen molar-refractivity contribution >= 4 is 27.8 Å². The van der Waals surface area contributed by atoms with E-state index in [2.05, 4.69) is 10.0 Å². The molecule has 1 heterocycles. The van der Waals surface area contributed by atoms with Gasteiger partial charge >= 0.3 is 24.3 Å². The third-order valence-electron chi connectivity index (χ3n) is 6.45. The van der Waals surface area contributed by atoms with Crippen molar-refractivity contribution in [1.29, 1.82) is 5.41 Å². The lowest BCUT2D eigenvalue weighted by Crippen LogP contribution is -2.40. The average molecular weight is 737 g/mol. The number of nitrogens with two attached hydrogens (primary N) is 1. The van der Waals surface area contributed by atoms with Crippen molar-refractivity contribution in [1.82, 2.24) is 10.0 Å². The third kappa shape index (κ3) is 15.1. The maximum absolute atomic E-state index is 13.0. The van der Waals surface area contributed by atoms with Gasteiger partial charge < -0.3 is 30.7 Å². The fourth-order valence-electron chi connectivity index (χ4n) is 4.07. The van der Waals surface area contributed by atoms with Gasteiger partial charge in [0.15, 0.2) is 0 Å². The van der Waals surface area contributed by atoms with Gasteiger partial charge in [-0.25, -0.2) is 22.7 Å². The van der Waals surface area contributed by atoms with E-state index in [0.29, 0.717) is 17.7 Å². The summed E-state index contributed by atoms with van der Waals surface area (Å²) < 4.78 is 104. The fraction of sp³-hybridized carbons (Fsp3) is 0.323. The lowest BCUT2D eigenvalue weighted by molar-refractivity contribution is -0.193. The van der Waals surface area contributed by atoms with Gasteiger partial charge in [-0.15, -0.1) is 0 Å². The van der Waals surface area contributed by atoms with Crippen molar-refractivity contribution in [2.45, 2.75) is 48.7 Å². The van der Waals surface area contributed by atoms with Gasteiger partial charge in [0.05, 0.1) is 10.9 Å². The second-order valence-corrected chi connectivity index (χ2v) is 12.1. The molecule has 274 valence electrons. The minimum absolute atomic E-state index is 0.0615. The Morgan fingerprint density at radius 1 is 0.880 bits per heavy atom. The number of amidine groups is 1. The van der Waals surface area contributed by atoms with Gasteiger partial charge in [-0.05, 0) is 74.3 Å². The van der Waals surface area contributed by atoms with E-state index in [1.165, 1.54) is 0 Å². The molecule has 12 nitrogen and oxygen atoms in total. The summed E-state index contributed by atoms with van der Waals surface area (Å²) in [5.74, 6) is -4.25. The number of hydrogen-bond donors (Lipinski definition) is 6. The second kappa shape index (κ2) is 18.8. The van der Waals surface area contributed by atoms with E-state index < -0.39 is 40.4 Å². The van der Waals surface area contributed by atoms with Crippen LogP contribution < -0.4 is 25.2 Å². The van der Waals surface area contributed by atoms with Crippen molar-refractivity contribution in [3.63, 3.8) is 0 Å². The summed E-state index contributed by atoms with van der Waals surface area (Å²) in [4.78, 5) is 18.0. The van der Waals surface area contributed by atoms with Gasteiger partial charge in [-0.1, -0.05) is 42.5 Å². The van der Waals surface area contributed by atoms with Crippen molar-refractivity contribution < 1.29 is 64.0 Å². The maximum Gasteiger partial charge on any atom is 0.490 e. The van der Waals surface area contributed by atoms with Gasteiger partial charge in [0, 0.05) is 5.56 Å². The number of carboxylic acid groups (broad SMARTS) is 2. The fourth-order valence-corrected chi connectivity index (χ4v) is 5.31. The third-order valence-corrected chi connectivity index (χ3v) is 7.99. The topological polar surface area (TPSA) is 201 Å². The van der Waals surface area contributed by atoms with Gasteiger partial charge in [0.25, 0.3) is 0 Å². The number of ether oxygens (including phenoxy) is 2. The van der Waals surface area contributed by atoms with E-state index in [1.54, 1.807) is 54.6 Å². The molecule has 0 saturated carbocycles. The van der Waals surface area contributed by atoms with E-state index in [0.717, 1.165) is 37.2 Å².